The van der Waals surface area contributed by atoms with Crippen molar-refractivity contribution in [3.8, 4) is 0 Å². The first-order chi connectivity index (χ1) is 13.3. The van der Waals surface area contributed by atoms with Crippen LogP contribution in [0.25, 0.3) is 0 Å². The predicted octanol–water partition coefficient (Wildman–Crippen LogP) is 3.93. The van der Waals surface area contributed by atoms with Gasteiger partial charge in [0.25, 0.3) is 0 Å². The molecule has 0 bridgehead atoms. The molecule has 27 heavy (non-hydrogen) atoms. The second-order valence-electron chi connectivity index (χ2n) is 7.44. The van der Waals surface area contributed by atoms with Crippen molar-refractivity contribution in [2.45, 2.75) is 32.5 Å². The highest BCUT2D eigenvalue weighted by Crippen LogP contribution is 2.23. The molecule has 4 rings (SSSR count). The molecule has 2 heterocycles. The van der Waals surface area contributed by atoms with Gasteiger partial charge in [-0.25, -0.2) is 5.01 Å². The molecule has 0 aliphatic carbocycles. The number of hydrazine groups is 1. The van der Waals surface area contributed by atoms with Gasteiger partial charge in [0, 0.05) is 44.6 Å². The lowest BCUT2D eigenvalue weighted by Gasteiger charge is -2.33. The zero-order valence-electron chi connectivity index (χ0n) is 16.0. The molecule has 0 saturated carbocycles. The van der Waals surface area contributed by atoms with Gasteiger partial charge in [-0.2, -0.15) is 0 Å². The Labute approximate surface area is 162 Å². The lowest BCUT2D eigenvalue weighted by atomic mass is 10.1. The van der Waals surface area contributed by atoms with E-state index in [0.29, 0.717) is 6.04 Å². The van der Waals surface area contributed by atoms with Crippen LogP contribution in [0.2, 0.25) is 0 Å². The van der Waals surface area contributed by atoms with Gasteiger partial charge in [0.05, 0.1) is 12.2 Å². The van der Waals surface area contributed by atoms with E-state index in [4.69, 9.17) is 0 Å². The summed E-state index contributed by atoms with van der Waals surface area (Å²) in [4.78, 5) is 7.01. The Hall–Kier alpha value is -2.43. The number of rotatable bonds is 6. The lowest BCUT2D eigenvalue weighted by molar-refractivity contribution is 0.0502. The van der Waals surface area contributed by atoms with E-state index in [2.05, 4.69) is 93.7 Å². The average molecular weight is 361 g/mol. The minimum atomic E-state index is 0.554. The van der Waals surface area contributed by atoms with Crippen LogP contribution in [0.1, 0.15) is 24.5 Å². The van der Waals surface area contributed by atoms with Gasteiger partial charge in [-0.3, -0.25) is 9.89 Å². The number of allylic oxidation sites excluding steroid dienone is 1. The number of hydrogen-bond acceptors (Lipinski definition) is 4. The summed E-state index contributed by atoms with van der Waals surface area (Å²) in [7, 11) is 0. The van der Waals surface area contributed by atoms with Crippen molar-refractivity contribution in [3.05, 3.63) is 83.7 Å². The maximum atomic E-state index is 4.37. The van der Waals surface area contributed by atoms with Crippen LogP contribution in [0, 0.1) is 0 Å². The Morgan fingerprint density at radius 2 is 1.59 bits per heavy atom. The van der Waals surface area contributed by atoms with Gasteiger partial charge >= 0.3 is 0 Å². The van der Waals surface area contributed by atoms with Gasteiger partial charge < -0.3 is 5.01 Å². The Bertz CT molecular complexity index is 743. The Kier molecular flexibility index (Phi) is 5.66. The summed E-state index contributed by atoms with van der Waals surface area (Å²) in [6.45, 7) is 7.09. The first-order valence-corrected chi connectivity index (χ1v) is 9.82. The molecule has 4 nitrogen and oxygen atoms in total. The molecule has 1 atom stereocenters. The summed E-state index contributed by atoms with van der Waals surface area (Å²) in [6, 6.07) is 22.2. The van der Waals surface area contributed by atoms with Crippen molar-refractivity contribution in [2.75, 3.05) is 19.6 Å². The van der Waals surface area contributed by atoms with E-state index < -0.39 is 0 Å². The van der Waals surface area contributed by atoms with Crippen molar-refractivity contribution in [3.63, 3.8) is 0 Å². The molecule has 2 aliphatic heterocycles. The van der Waals surface area contributed by atoms with Gasteiger partial charge in [-0.15, -0.1) is 0 Å². The van der Waals surface area contributed by atoms with Gasteiger partial charge in [0.1, 0.15) is 0 Å². The highest BCUT2D eigenvalue weighted by molar-refractivity contribution is 5.62. The van der Waals surface area contributed by atoms with E-state index in [1.807, 2.05) is 6.21 Å². The SMILES string of the molecule is CC1=CN(N2CCC(N(Cc3ccccc3)Cc3ccccc3)C2)CC=N1. The maximum absolute atomic E-state index is 4.37. The Morgan fingerprint density at radius 3 is 2.19 bits per heavy atom. The Morgan fingerprint density at radius 1 is 0.963 bits per heavy atom. The van der Waals surface area contributed by atoms with Gasteiger partial charge in [0.15, 0.2) is 0 Å². The molecule has 2 aliphatic rings. The van der Waals surface area contributed by atoms with Crippen LogP contribution in [-0.2, 0) is 13.1 Å². The van der Waals surface area contributed by atoms with Crippen molar-refractivity contribution in [1.82, 2.24) is 14.9 Å². The zero-order valence-corrected chi connectivity index (χ0v) is 16.0. The molecule has 140 valence electrons. The van der Waals surface area contributed by atoms with Crippen LogP contribution >= 0.6 is 0 Å². The first kappa shape index (κ1) is 18.0. The van der Waals surface area contributed by atoms with E-state index in [-0.39, 0.29) is 0 Å². The third-order valence-corrected chi connectivity index (χ3v) is 5.38. The molecule has 0 radical (unpaired) electrons. The summed E-state index contributed by atoms with van der Waals surface area (Å²) in [6.07, 6.45) is 5.37. The summed E-state index contributed by atoms with van der Waals surface area (Å²) < 4.78 is 0. The van der Waals surface area contributed by atoms with Crippen LogP contribution < -0.4 is 0 Å². The number of aliphatic imine (C=N–C) groups is 1. The summed E-state index contributed by atoms with van der Waals surface area (Å²) in [5, 5.41) is 4.80. The fraction of sp³-hybridized carbons (Fsp3) is 0.348. The number of benzene rings is 2. The fourth-order valence-corrected chi connectivity index (χ4v) is 3.97. The summed E-state index contributed by atoms with van der Waals surface area (Å²) in [5.41, 5.74) is 3.84. The minimum absolute atomic E-state index is 0.554. The zero-order chi connectivity index (χ0) is 18.5. The van der Waals surface area contributed by atoms with E-state index in [0.717, 1.165) is 38.4 Å². The number of nitrogens with zero attached hydrogens (tertiary/aromatic N) is 4. The summed E-state index contributed by atoms with van der Waals surface area (Å²) >= 11 is 0. The Balaban J connectivity index is 1.47. The van der Waals surface area contributed by atoms with Crippen LogP contribution in [0.5, 0.6) is 0 Å². The highest BCUT2D eigenvalue weighted by Gasteiger charge is 2.30. The van der Waals surface area contributed by atoms with Crippen LogP contribution in [0.3, 0.4) is 0 Å². The van der Waals surface area contributed by atoms with E-state index in [1.165, 1.54) is 17.5 Å². The standard InChI is InChI=1S/C23H28N4/c1-20-16-27(15-13-24-20)26-14-12-23(19-26)25(17-21-8-4-2-5-9-21)18-22-10-6-3-7-11-22/h2-11,13,16,23H,12,14-15,17-19H2,1H3. The fourth-order valence-electron chi connectivity index (χ4n) is 3.97. The first-order valence-electron chi connectivity index (χ1n) is 9.82. The summed E-state index contributed by atoms with van der Waals surface area (Å²) in [5.74, 6) is 0. The smallest absolute Gasteiger partial charge is 0.0694 e. The van der Waals surface area contributed by atoms with Gasteiger partial charge in [0.2, 0.25) is 0 Å². The van der Waals surface area contributed by atoms with Crippen LogP contribution in [0.15, 0.2) is 77.6 Å². The lowest BCUT2D eigenvalue weighted by Crippen LogP contribution is -2.43. The van der Waals surface area contributed by atoms with E-state index >= 15 is 0 Å². The van der Waals surface area contributed by atoms with Crippen molar-refractivity contribution in [1.29, 1.82) is 0 Å². The monoisotopic (exact) mass is 360 g/mol. The molecule has 0 spiro atoms. The molecule has 0 amide bonds. The molecule has 4 heteroatoms. The molecule has 0 N–H and O–H groups in total. The molecular formula is C23H28N4. The molecule has 2 aromatic rings. The third-order valence-electron chi connectivity index (χ3n) is 5.38. The van der Waals surface area contributed by atoms with Crippen molar-refractivity contribution in [2.24, 2.45) is 4.99 Å². The highest BCUT2D eigenvalue weighted by atomic mass is 15.6. The minimum Gasteiger partial charge on any atom is -0.306 e. The van der Waals surface area contributed by atoms with Crippen LogP contribution in [-0.4, -0.2) is 46.8 Å². The van der Waals surface area contributed by atoms with E-state index in [9.17, 15) is 0 Å². The predicted molar refractivity (Wildman–Crippen MR) is 111 cm³/mol. The molecule has 2 aromatic carbocycles. The second-order valence-corrected chi connectivity index (χ2v) is 7.44. The average Bonchev–Trinajstić information content (AvgIpc) is 3.19. The molecular weight excluding hydrogens is 332 g/mol. The van der Waals surface area contributed by atoms with Gasteiger partial charge in [-0.1, -0.05) is 60.7 Å². The molecule has 1 saturated heterocycles. The molecule has 1 unspecified atom stereocenters. The topological polar surface area (TPSA) is 22.1 Å². The maximum Gasteiger partial charge on any atom is 0.0694 e. The second kappa shape index (κ2) is 8.51. The van der Waals surface area contributed by atoms with Crippen molar-refractivity contribution >= 4 is 6.21 Å². The normalized spacial score (nSPS) is 20.3. The van der Waals surface area contributed by atoms with Crippen LogP contribution in [0.4, 0.5) is 0 Å². The molecule has 1 fully saturated rings. The molecule has 0 aromatic heterocycles. The van der Waals surface area contributed by atoms with E-state index in [1.54, 1.807) is 0 Å². The quantitative estimate of drug-likeness (QED) is 0.779. The van der Waals surface area contributed by atoms with Crippen molar-refractivity contribution < 1.29 is 0 Å². The largest absolute Gasteiger partial charge is 0.306 e. The number of hydrogen-bond donors (Lipinski definition) is 0. The third kappa shape index (κ3) is 4.65. The van der Waals surface area contributed by atoms with Gasteiger partial charge in [-0.05, 0) is 24.5 Å².